The van der Waals surface area contributed by atoms with E-state index in [1.165, 1.54) is 0 Å². The third-order valence-corrected chi connectivity index (χ3v) is 3.01. The van der Waals surface area contributed by atoms with Gasteiger partial charge in [-0.2, -0.15) is 15.0 Å². The number of hydrogen-bond acceptors (Lipinski definition) is 7. The zero-order valence-corrected chi connectivity index (χ0v) is 13.6. The molecule has 2 aromatic rings. The average Bonchev–Trinajstić information content (AvgIpc) is 2.47. The van der Waals surface area contributed by atoms with Crippen molar-refractivity contribution in [2.45, 2.75) is 6.92 Å². The molecule has 8 heteroatoms. The first-order chi connectivity index (χ1) is 10.2. The summed E-state index contributed by atoms with van der Waals surface area (Å²) in [5.41, 5.74) is 0.738. The SMILES string of the molecule is CCOc1nc(NC)nc(Nc2cc(Br)ccc2OC)n1. The molecule has 0 bridgehead atoms. The first-order valence-corrected chi connectivity index (χ1v) is 7.12. The van der Waals surface area contributed by atoms with Crippen molar-refractivity contribution in [3.63, 3.8) is 0 Å². The lowest BCUT2D eigenvalue weighted by molar-refractivity contribution is 0.312. The average molecular weight is 354 g/mol. The maximum atomic E-state index is 5.32. The summed E-state index contributed by atoms with van der Waals surface area (Å²) in [6, 6.07) is 5.87. The Balaban J connectivity index is 2.34. The van der Waals surface area contributed by atoms with Crippen LogP contribution in [0, 0.1) is 0 Å². The number of nitrogens with one attached hydrogen (secondary N) is 2. The van der Waals surface area contributed by atoms with Gasteiger partial charge in [-0.25, -0.2) is 0 Å². The van der Waals surface area contributed by atoms with Gasteiger partial charge in [0.15, 0.2) is 0 Å². The summed E-state index contributed by atoms with van der Waals surface area (Å²) >= 11 is 3.42. The van der Waals surface area contributed by atoms with Gasteiger partial charge in [-0.05, 0) is 25.1 Å². The lowest BCUT2D eigenvalue weighted by atomic mass is 10.3. The topological polar surface area (TPSA) is 81.2 Å². The predicted molar refractivity (Wildman–Crippen MR) is 84.5 cm³/mol. The predicted octanol–water partition coefficient (Wildman–Crippen LogP) is 2.83. The van der Waals surface area contributed by atoms with Crippen LogP contribution in [-0.4, -0.2) is 35.7 Å². The Morgan fingerprint density at radius 1 is 1.19 bits per heavy atom. The Bertz CT molecular complexity index is 624. The second kappa shape index (κ2) is 7.07. The van der Waals surface area contributed by atoms with Gasteiger partial charge in [-0.1, -0.05) is 15.9 Å². The molecule has 0 unspecified atom stereocenters. The van der Waals surface area contributed by atoms with Crippen LogP contribution in [0.3, 0.4) is 0 Å². The van der Waals surface area contributed by atoms with Crippen molar-refractivity contribution in [3.8, 4) is 11.8 Å². The summed E-state index contributed by atoms with van der Waals surface area (Å²) in [4.78, 5) is 12.6. The summed E-state index contributed by atoms with van der Waals surface area (Å²) in [6.45, 7) is 2.35. The number of halogens is 1. The summed E-state index contributed by atoms with van der Waals surface area (Å²) < 4.78 is 11.5. The summed E-state index contributed by atoms with van der Waals surface area (Å²) in [6.07, 6.45) is 0. The highest BCUT2D eigenvalue weighted by molar-refractivity contribution is 9.10. The quantitative estimate of drug-likeness (QED) is 0.826. The zero-order valence-electron chi connectivity index (χ0n) is 12.0. The maximum absolute atomic E-state index is 5.32. The second-order valence-corrected chi connectivity index (χ2v) is 4.83. The molecule has 0 fully saturated rings. The van der Waals surface area contributed by atoms with Gasteiger partial charge in [-0.15, -0.1) is 0 Å². The smallest absolute Gasteiger partial charge is 0.323 e. The van der Waals surface area contributed by atoms with E-state index in [2.05, 4.69) is 41.5 Å². The Morgan fingerprint density at radius 2 is 1.95 bits per heavy atom. The minimum atomic E-state index is 0.258. The van der Waals surface area contributed by atoms with E-state index in [-0.39, 0.29) is 6.01 Å². The molecule has 1 heterocycles. The van der Waals surface area contributed by atoms with Gasteiger partial charge in [0.2, 0.25) is 11.9 Å². The molecule has 0 aliphatic rings. The summed E-state index contributed by atoms with van der Waals surface area (Å²) in [7, 11) is 3.33. The van der Waals surface area contributed by atoms with Crippen molar-refractivity contribution in [2.24, 2.45) is 0 Å². The Labute approximate surface area is 131 Å². The van der Waals surface area contributed by atoms with Gasteiger partial charge in [0.05, 0.1) is 19.4 Å². The molecule has 0 saturated carbocycles. The Hall–Kier alpha value is -2.09. The molecule has 1 aromatic carbocycles. The van der Waals surface area contributed by atoms with Crippen LogP contribution in [0.5, 0.6) is 11.8 Å². The first-order valence-electron chi connectivity index (χ1n) is 6.33. The Kier molecular flexibility index (Phi) is 5.15. The summed E-state index contributed by atoms with van der Waals surface area (Å²) in [5.74, 6) is 1.47. The molecular formula is C13H16BrN5O2. The van der Waals surface area contributed by atoms with Crippen molar-refractivity contribution >= 4 is 33.5 Å². The molecule has 112 valence electrons. The van der Waals surface area contributed by atoms with E-state index in [9.17, 15) is 0 Å². The molecule has 0 amide bonds. The van der Waals surface area contributed by atoms with Crippen molar-refractivity contribution < 1.29 is 9.47 Å². The highest BCUT2D eigenvalue weighted by atomic mass is 79.9. The first kappa shape index (κ1) is 15.3. The van der Waals surface area contributed by atoms with Crippen LogP contribution in [0.4, 0.5) is 17.6 Å². The van der Waals surface area contributed by atoms with Gasteiger partial charge in [0.1, 0.15) is 5.75 Å². The van der Waals surface area contributed by atoms with Crippen LogP contribution in [0.25, 0.3) is 0 Å². The number of nitrogens with zero attached hydrogens (tertiary/aromatic N) is 3. The number of methoxy groups -OCH3 is 1. The van der Waals surface area contributed by atoms with E-state index in [0.29, 0.717) is 24.3 Å². The lowest BCUT2D eigenvalue weighted by Gasteiger charge is -2.12. The van der Waals surface area contributed by atoms with Crippen molar-refractivity contribution in [1.29, 1.82) is 0 Å². The molecule has 0 saturated heterocycles. The van der Waals surface area contributed by atoms with E-state index in [4.69, 9.17) is 9.47 Å². The third-order valence-electron chi connectivity index (χ3n) is 2.52. The molecule has 0 aliphatic carbocycles. The number of aromatic nitrogens is 3. The molecule has 2 N–H and O–H groups in total. The molecule has 0 spiro atoms. The molecule has 21 heavy (non-hydrogen) atoms. The van der Waals surface area contributed by atoms with E-state index < -0.39 is 0 Å². The number of benzene rings is 1. The molecular weight excluding hydrogens is 338 g/mol. The van der Waals surface area contributed by atoms with Gasteiger partial charge >= 0.3 is 6.01 Å². The minimum Gasteiger partial charge on any atom is -0.495 e. The fourth-order valence-electron chi connectivity index (χ4n) is 1.62. The number of ether oxygens (including phenoxy) is 2. The Morgan fingerprint density at radius 3 is 2.62 bits per heavy atom. The normalized spacial score (nSPS) is 10.1. The fourth-order valence-corrected chi connectivity index (χ4v) is 1.98. The highest BCUT2D eigenvalue weighted by Crippen LogP contribution is 2.30. The zero-order chi connectivity index (χ0) is 15.2. The fraction of sp³-hybridized carbons (Fsp3) is 0.308. The van der Waals surface area contributed by atoms with Crippen LogP contribution < -0.4 is 20.1 Å². The number of rotatable bonds is 6. The standard InChI is InChI=1S/C13H16BrN5O2/c1-4-21-13-18-11(15-2)17-12(19-13)16-9-7-8(14)5-6-10(9)20-3/h5-7H,4H2,1-3H3,(H2,15,16,17,18,19). The molecule has 1 aromatic heterocycles. The third kappa shape index (κ3) is 3.94. The van der Waals surface area contributed by atoms with Crippen molar-refractivity contribution in [2.75, 3.05) is 31.4 Å². The largest absolute Gasteiger partial charge is 0.495 e. The van der Waals surface area contributed by atoms with Crippen LogP contribution in [0.1, 0.15) is 6.92 Å². The van der Waals surface area contributed by atoms with E-state index in [1.54, 1.807) is 14.2 Å². The number of hydrogen-bond donors (Lipinski definition) is 2. The molecule has 2 rings (SSSR count). The van der Waals surface area contributed by atoms with Gasteiger partial charge in [-0.3, -0.25) is 0 Å². The summed E-state index contributed by atoms with van der Waals surface area (Å²) in [5, 5.41) is 5.97. The van der Waals surface area contributed by atoms with Crippen LogP contribution in [0.2, 0.25) is 0 Å². The minimum absolute atomic E-state index is 0.258. The van der Waals surface area contributed by atoms with Gasteiger partial charge in [0, 0.05) is 11.5 Å². The lowest BCUT2D eigenvalue weighted by Crippen LogP contribution is -2.07. The molecule has 7 nitrogen and oxygen atoms in total. The van der Waals surface area contributed by atoms with E-state index in [0.717, 1.165) is 10.2 Å². The number of anilines is 3. The van der Waals surface area contributed by atoms with Crippen LogP contribution in [-0.2, 0) is 0 Å². The van der Waals surface area contributed by atoms with Crippen molar-refractivity contribution in [1.82, 2.24) is 15.0 Å². The monoisotopic (exact) mass is 353 g/mol. The highest BCUT2D eigenvalue weighted by Gasteiger charge is 2.10. The molecule has 0 atom stereocenters. The molecule has 0 radical (unpaired) electrons. The van der Waals surface area contributed by atoms with Gasteiger partial charge in [0.25, 0.3) is 0 Å². The van der Waals surface area contributed by atoms with Crippen LogP contribution >= 0.6 is 15.9 Å². The maximum Gasteiger partial charge on any atom is 0.323 e. The molecule has 0 aliphatic heterocycles. The van der Waals surface area contributed by atoms with Crippen LogP contribution in [0.15, 0.2) is 22.7 Å². The van der Waals surface area contributed by atoms with E-state index >= 15 is 0 Å². The van der Waals surface area contributed by atoms with E-state index in [1.807, 2.05) is 25.1 Å². The van der Waals surface area contributed by atoms with Crippen molar-refractivity contribution in [3.05, 3.63) is 22.7 Å². The second-order valence-electron chi connectivity index (χ2n) is 3.92. The van der Waals surface area contributed by atoms with Gasteiger partial charge < -0.3 is 20.1 Å².